The van der Waals surface area contributed by atoms with Crippen molar-refractivity contribution in [3.8, 4) is 11.5 Å². The Morgan fingerprint density at radius 3 is 3.05 bits per heavy atom. The number of piperidine rings is 1. The van der Waals surface area contributed by atoms with Crippen LogP contribution < -0.4 is 20.5 Å². The monoisotopic (exact) mass is 304 g/mol. The Kier molecular flexibility index (Phi) is 4.68. The van der Waals surface area contributed by atoms with Gasteiger partial charge in [0.2, 0.25) is 6.79 Å². The van der Waals surface area contributed by atoms with E-state index >= 15 is 0 Å². The van der Waals surface area contributed by atoms with Crippen LogP contribution in [0, 0.1) is 0 Å². The number of benzene rings is 1. The van der Waals surface area contributed by atoms with Crippen LogP contribution in [0.2, 0.25) is 0 Å². The molecule has 0 amide bonds. The van der Waals surface area contributed by atoms with Crippen LogP contribution in [0.15, 0.2) is 23.2 Å². The topological polar surface area (TPSA) is 72.1 Å². The number of ether oxygens (including phenoxy) is 2. The van der Waals surface area contributed by atoms with Gasteiger partial charge in [-0.05, 0) is 38.3 Å². The summed E-state index contributed by atoms with van der Waals surface area (Å²) < 4.78 is 10.8. The number of likely N-dealkylation sites (tertiary alicyclic amines) is 1. The highest BCUT2D eigenvalue weighted by atomic mass is 16.7. The summed E-state index contributed by atoms with van der Waals surface area (Å²) in [4.78, 5) is 6.98. The molecule has 22 heavy (non-hydrogen) atoms. The minimum absolute atomic E-state index is 0.288. The van der Waals surface area contributed by atoms with Gasteiger partial charge < -0.3 is 25.4 Å². The SMILES string of the molecule is CC1CCCCN1C(=NCCN)Nc1ccc2c(c1)OCO2. The van der Waals surface area contributed by atoms with Crippen molar-refractivity contribution in [3.63, 3.8) is 0 Å². The van der Waals surface area contributed by atoms with Crippen LogP contribution >= 0.6 is 0 Å². The predicted molar refractivity (Wildman–Crippen MR) is 87.6 cm³/mol. The van der Waals surface area contributed by atoms with E-state index in [0.717, 1.165) is 29.7 Å². The third kappa shape index (κ3) is 3.27. The molecule has 3 N–H and O–H groups in total. The number of guanidine groups is 1. The molecule has 1 aromatic rings. The van der Waals surface area contributed by atoms with E-state index in [2.05, 4.69) is 22.1 Å². The van der Waals surface area contributed by atoms with Gasteiger partial charge >= 0.3 is 0 Å². The first-order valence-electron chi connectivity index (χ1n) is 7.96. The quantitative estimate of drug-likeness (QED) is 0.660. The molecule has 0 spiro atoms. The highest BCUT2D eigenvalue weighted by Gasteiger charge is 2.22. The van der Waals surface area contributed by atoms with Gasteiger partial charge in [-0.3, -0.25) is 4.99 Å². The van der Waals surface area contributed by atoms with Gasteiger partial charge in [-0.15, -0.1) is 0 Å². The maximum Gasteiger partial charge on any atom is 0.231 e. The van der Waals surface area contributed by atoms with Crippen LogP contribution in [0.5, 0.6) is 11.5 Å². The average Bonchev–Trinajstić information content (AvgIpc) is 3.00. The summed E-state index contributed by atoms with van der Waals surface area (Å²) in [5, 5.41) is 3.43. The Labute approximate surface area is 131 Å². The van der Waals surface area contributed by atoms with Gasteiger partial charge in [-0.2, -0.15) is 0 Å². The first kappa shape index (κ1) is 15.0. The smallest absolute Gasteiger partial charge is 0.231 e. The molecule has 0 aromatic heterocycles. The molecule has 6 heteroatoms. The van der Waals surface area contributed by atoms with Crippen molar-refractivity contribution in [2.45, 2.75) is 32.2 Å². The number of hydrogen-bond donors (Lipinski definition) is 2. The summed E-state index contributed by atoms with van der Waals surface area (Å²) >= 11 is 0. The van der Waals surface area contributed by atoms with E-state index in [-0.39, 0.29) is 6.79 Å². The van der Waals surface area contributed by atoms with Crippen molar-refractivity contribution in [2.75, 3.05) is 31.7 Å². The minimum atomic E-state index is 0.288. The molecule has 0 radical (unpaired) electrons. The molecule has 120 valence electrons. The minimum Gasteiger partial charge on any atom is -0.454 e. The van der Waals surface area contributed by atoms with Crippen LogP contribution in [0.1, 0.15) is 26.2 Å². The van der Waals surface area contributed by atoms with E-state index in [0.29, 0.717) is 19.1 Å². The van der Waals surface area contributed by atoms with Crippen molar-refractivity contribution in [2.24, 2.45) is 10.7 Å². The molecule has 1 saturated heterocycles. The van der Waals surface area contributed by atoms with Gasteiger partial charge in [0.25, 0.3) is 0 Å². The second kappa shape index (κ2) is 6.87. The van der Waals surface area contributed by atoms with Crippen molar-refractivity contribution in [1.82, 2.24) is 4.90 Å². The number of nitrogens with two attached hydrogens (primary N) is 1. The fourth-order valence-electron chi connectivity index (χ4n) is 2.89. The number of anilines is 1. The lowest BCUT2D eigenvalue weighted by atomic mass is 10.0. The predicted octanol–water partition coefficient (Wildman–Crippen LogP) is 2.02. The van der Waals surface area contributed by atoms with Gasteiger partial charge in [0.15, 0.2) is 17.5 Å². The van der Waals surface area contributed by atoms with Gasteiger partial charge in [0.05, 0.1) is 6.54 Å². The average molecular weight is 304 g/mol. The van der Waals surface area contributed by atoms with Crippen molar-refractivity contribution >= 4 is 11.6 Å². The molecule has 3 rings (SSSR count). The van der Waals surface area contributed by atoms with Crippen molar-refractivity contribution < 1.29 is 9.47 Å². The molecule has 2 aliphatic rings. The molecular formula is C16H24N4O2. The first-order valence-corrected chi connectivity index (χ1v) is 7.96. The summed E-state index contributed by atoms with van der Waals surface area (Å²) in [7, 11) is 0. The van der Waals surface area contributed by atoms with E-state index < -0.39 is 0 Å². The molecule has 6 nitrogen and oxygen atoms in total. The van der Waals surface area contributed by atoms with Gasteiger partial charge in [-0.1, -0.05) is 0 Å². The fourth-order valence-corrected chi connectivity index (χ4v) is 2.89. The molecule has 0 aliphatic carbocycles. The second-order valence-corrected chi connectivity index (χ2v) is 5.73. The molecule has 1 atom stereocenters. The number of fused-ring (bicyclic) bond motifs is 1. The number of hydrogen-bond acceptors (Lipinski definition) is 4. The highest BCUT2D eigenvalue weighted by Crippen LogP contribution is 2.34. The van der Waals surface area contributed by atoms with Crippen molar-refractivity contribution in [3.05, 3.63) is 18.2 Å². The zero-order valence-electron chi connectivity index (χ0n) is 13.0. The molecule has 0 bridgehead atoms. The maximum atomic E-state index is 5.62. The molecule has 1 aromatic carbocycles. The Balaban J connectivity index is 1.77. The van der Waals surface area contributed by atoms with Crippen LogP contribution in [0.3, 0.4) is 0 Å². The summed E-state index contributed by atoms with van der Waals surface area (Å²) in [5.41, 5.74) is 6.57. The largest absolute Gasteiger partial charge is 0.454 e. The maximum absolute atomic E-state index is 5.62. The van der Waals surface area contributed by atoms with E-state index in [1.54, 1.807) is 0 Å². The molecule has 2 heterocycles. The third-order valence-corrected chi connectivity index (χ3v) is 4.09. The standard InChI is InChI=1S/C16H24N4O2/c1-12-4-2-3-9-20(12)16(18-8-7-17)19-13-5-6-14-15(10-13)22-11-21-14/h5-6,10,12H,2-4,7-9,11,17H2,1H3,(H,18,19). The van der Waals surface area contributed by atoms with Gasteiger partial charge in [0.1, 0.15) is 0 Å². The van der Waals surface area contributed by atoms with Crippen LogP contribution in [0.4, 0.5) is 5.69 Å². The lowest BCUT2D eigenvalue weighted by Gasteiger charge is -2.36. The Hall–Kier alpha value is -1.95. The normalized spacial score (nSPS) is 21.1. The van der Waals surface area contributed by atoms with E-state index in [1.165, 1.54) is 19.3 Å². The van der Waals surface area contributed by atoms with Crippen LogP contribution in [-0.2, 0) is 0 Å². The summed E-state index contributed by atoms with van der Waals surface area (Å²) in [5.74, 6) is 2.46. The lowest BCUT2D eigenvalue weighted by Crippen LogP contribution is -2.45. The van der Waals surface area contributed by atoms with Crippen molar-refractivity contribution in [1.29, 1.82) is 0 Å². The zero-order valence-corrected chi connectivity index (χ0v) is 13.0. The first-order chi connectivity index (χ1) is 10.8. The van der Waals surface area contributed by atoms with E-state index in [4.69, 9.17) is 15.2 Å². The van der Waals surface area contributed by atoms with Crippen LogP contribution in [-0.4, -0.2) is 43.3 Å². The van der Waals surface area contributed by atoms with Crippen LogP contribution in [0.25, 0.3) is 0 Å². The number of rotatable bonds is 3. The molecule has 1 unspecified atom stereocenters. The Morgan fingerprint density at radius 2 is 2.23 bits per heavy atom. The lowest BCUT2D eigenvalue weighted by molar-refractivity contribution is 0.174. The van der Waals surface area contributed by atoms with Gasteiger partial charge in [0, 0.05) is 30.9 Å². The molecule has 2 aliphatic heterocycles. The second-order valence-electron chi connectivity index (χ2n) is 5.73. The number of nitrogens with zero attached hydrogens (tertiary/aromatic N) is 2. The molecule has 0 saturated carbocycles. The number of nitrogens with one attached hydrogen (secondary N) is 1. The number of aliphatic imine (C=N–C) groups is 1. The summed E-state index contributed by atoms with van der Waals surface area (Å²) in [6, 6.07) is 6.35. The summed E-state index contributed by atoms with van der Waals surface area (Å²) in [6.45, 7) is 4.74. The Morgan fingerprint density at radius 1 is 1.36 bits per heavy atom. The molecular weight excluding hydrogens is 280 g/mol. The molecule has 1 fully saturated rings. The van der Waals surface area contributed by atoms with E-state index in [9.17, 15) is 0 Å². The van der Waals surface area contributed by atoms with Gasteiger partial charge in [-0.25, -0.2) is 0 Å². The fraction of sp³-hybridized carbons (Fsp3) is 0.562. The summed E-state index contributed by atoms with van der Waals surface area (Å²) in [6.07, 6.45) is 3.69. The zero-order chi connectivity index (χ0) is 15.4. The Bertz CT molecular complexity index is 547. The third-order valence-electron chi connectivity index (χ3n) is 4.09. The highest BCUT2D eigenvalue weighted by molar-refractivity contribution is 5.94. The van der Waals surface area contributed by atoms with E-state index in [1.807, 2.05) is 18.2 Å².